The van der Waals surface area contributed by atoms with Crippen LogP contribution in [0.15, 0.2) is 23.2 Å². The molecule has 2 rings (SSSR count). The summed E-state index contributed by atoms with van der Waals surface area (Å²) in [5.41, 5.74) is 1.47. The van der Waals surface area contributed by atoms with Crippen LogP contribution in [0.3, 0.4) is 0 Å². The first kappa shape index (κ1) is 17.0. The summed E-state index contributed by atoms with van der Waals surface area (Å²) in [5, 5.41) is 6.49. The Morgan fingerprint density at radius 2 is 2.10 bits per heavy atom. The summed E-state index contributed by atoms with van der Waals surface area (Å²) in [4.78, 5) is 4.58. The molecule has 0 radical (unpaired) electrons. The van der Waals surface area contributed by atoms with Crippen molar-refractivity contribution in [3.63, 3.8) is 0 Å². The molecule has 1 aromatic carbocycles. The fraction of sp³-hybridized carbons (Fsp3) is 0.562. The van der Waals surface area contributed by atoms with Gasteiger partial charge in [-0.25, -0.2) is 0 Å². The molecule has 2 nitrogen and oxygen atoms in total. The Hall–Kier alpha value is -0.380. The van der Waals surface area contributed by atoms with Gasteiger partial charge in [-0.2, -0.15) is 0 Å². The topological polar surface area (TPSA) is 24.4 Å². The molecule has 0 amide bonds. The van der Waals surface area contributed by atoms with E-state index in [1.165, 1.54) is 6.42 Å². The number of amidine groups is 1. The second-order valence-electron chi connectivity index (χ2n) is 6.56. The monoisotopic (exact) mass is 344 g/mol. The van der Waals surface area contributed by atoms with E-state index in [-0.39, 0.29) is 0 Å². The molecule has 1 aromatic rings. The summed E-state index contributed by atoms with van der Waals surface area (Å²) < 4.78 is 0. The van der Waals surface area contributed by atoms with E-state index < -0.39 is 0 Å². The molecule has 1 aliphatic rings. The minimum atomic E-state index is 0.361. The van der Waals surface area contributed by atoms with Gasteiger partial charge in [0.1, 0.15) is 0 Å². The highest BCUT2D eigenvalue weighted by Gasteiger charge is 2.24. The molecule has 1 heterocycles. The van der Waals surface area contributed by atoms with E-state index in [9.17, 15) is 0 Å². The van der Waals surface area contributed by atoms with Gasteiger partial charge in [0, 0.05) is 21.8 Å². The van der Waals surface area contributed by atoms with Crippen LogP contribution in [0.1, 0.15) is 32.8 Å². The lowest BCUT2D eigenvalue weighted by molar-refractivity contribution is 0.375. The van der Waals surface area contributed by atoms with Crippen LogP contribution in [-0.4, -0.2) is 23.5 Å². The SMILES string of the molecule is CC(C)(C)CC1CN=C(NCCc2ccc(Cl)cc2Cl)S1. The Morgan fingerprint density at radius 1 is 1.33 bits per heavy atom. The van der Waals surface area contributed by atoms with Crippen molar-refractivity contribution >= 4 is 40.1 Å². The summed E-state index contributed by atoms with van der Waals surface area (Å²) >= 11 is 13.9. The molecule has 0 aliphatic carbocycles. The van der Waals surface area contributed by atoms with Gasteiger partial charge in [0.05, 0.1) is 6.54 Å². The Morgan fingerprint density at radius 3 is 2.76 bits per heavy atom. The minimum Gasteiger partial charge on any atom is -0.365 e. The van der Waals surface area contributed by atoms with Gasteiger partial charge in [0.2, 0.25) is 0 Å². The van der Waals surface area contributed by atoms with Crippen LogP contribution < -0.4 is 5.32 Å². The van der Waals surface area contributed by atoms with Crippen LogP contribution >= 0.6 is 35.0 Å². The average Bonchev–Trinajstić information content (AvgIpc) is 2.77. The lowest BCUT2D eigenvalue weighted by Crippen LogP contribution is -2.23. The van der Waals surface area contributed by atoms with Crippen molar-refractivity contribution in [2.24, 2.45) is 10.4 Å². The van der Waals surface area contributed by atoms with Crippen LogP contribution in [-0.2, 0) is 6.42 Å². The molecule has 0 aromatic heterocycles. The van der Waals surface area contributed by atoms with Gasteiger partial charge in [-0.05, 0) is 36.0 Å². The fourth-order valence-corrected chi connectivity index (χ4v) is 4.22. The number of aliphatic imine (C=N–C) groups is 1. The van der Waals surface area contributed by atoms with E-state index in [4.69, 9.17) is 23.2 Å². The van der Waals surface area contributed by atoms with Gasteiger partial charge in [-0.3, -0.25) is 4.99 Å². The highest BCUT2D eigenvalue weighted by Crippen LogP contribution is 2.31. The number of hydrogen-bond donors (Lipinski definition) is 1. The average molecular weight is 345 g/mol. The van der Waals surface area contributed by atoms with Crippen molar-refractivity contribution in [3.8, 4) is 0 Å². The predicted octanol–water partition coefficient (Wildman–Crippen LogP) is 5.03. The minimum absolute atomic E-state index is 0.361. The molecule has 0 fully saturated rings. The zero-order valence-electron chi connectivity index (χ0n) is 12.7. The largest absolute Gasteiger partial charge is 0.365 e. The van der Waals surface area contributed by atoms with Crippen LogP contribution in [0.25, 0.3) is 0 Å². The Labute approximate surface area is 141 Å². The first-order chi connectivity index (χ1) is 9.83. The first-order valence-electron chi connectivity index (χ1n) is 7.22. The highest BCUT2D eigenvalue weighted by atomic mass is 35.5. The highest BCUT2D eigenvalue weighted by molar-refractivity contribution is 8.14. The lowest BCUT2D eigenvalue weighted by Gasteiger charge is -2.21. The van der Waals surface area contributed by atoms with Gasteiger partial charge in [0.25, 0.3) is 0 Å². The summed E-state index contributed by atoms with van der Waals surface area (Å²) in [6.07, 6.45) is 2.06. The van der Waals surface area contributed by atoms with Crippen molar-refractivity contribution in [2.75, 3.05) is 13.1 Å². The summed E-state index contributed by atoms with van der Waals surface area (Å²) in [6, 6.07) is 5.65. The number of hydrogen-bond acceptors (Lipinski definition) is 3. The molecular formula is C16H22Cl2N2S. The second-order valence-corrected chi connectivity index (χ2v) is 8.70. The summed E-state index contributed by atoms with van der Waals surface area (Å²) in [5.74, 6) is 0. The predicted molar refractivity (Wildman–Crippen MR) is 95.9 cm³/mol. The van der Waals surface area contributed by atoms with Crippen LogP contribution in [0.5, 0.6) is 0 Å². The number of nitrogens with zero attached hydrogens (tertiary/aromatic N) is 1. The Balaban J connectivity index is 1.75. The Kier molecular flexibility index (Phi) is 5.87. The molecule has 0 saturated heterocycles. The van der Waals surface area contributed by atoms with Crippen molar-refractivity contribution in [1.82, 2.24) is 5.32 Å². The molecule has 5 heteroatoms. The van der Waals surface area contributed by atoms with E-state index in [1.807, 2.05) is 23.9 Å². The lowest BCUT2D eigenvalue weighted by atomic mass is 9.90. The fourth-order valence-electron chi connectivity index (χ4n) is 2.33. The first-order valence-corrected chi connectivity index (χ1v) is 8.86. The van der Waals surface area contributed by atoms with Crippen LogP contribution in [0, 0.1) is 5.41 Å². The molecule has 0 spiro atoms. The summed E-state index contributed by atoms with van der Waals surface area (Å²) in [6.45, 7) is 8.60. The van der Waals surface area contributed by atoms with Gasteiger partial charge in [0.15, 0.2) is 5.17 Å². The zero-order chi connectivity index (χ0) is 15.5. The van der Waals surface area contributed by atoms with E-state index in [0.29, 0.717) is 15.7 Å². The maximum absolute atomic E-state index is 6.17. The molecule has 0 bridgehead atoms. The van der Waals surface area contributed by atoms with Gasteiger partial charge in [-0.15, -0.1) is 0 Å². The van der Waals surface area contributed by atoms with Gasteiger partial charge in [-0.1, -0.05) is 61.8 Å². The number of thioether (sulfide) groups is 1. The van der Waals surface area contributed by atoms with Gasteiger partial charge < -0.3 is 5.32 Å². The zero-order valence-corrected chi connectivity index (χ0v) is 15.1. The van der Waals surface area contributed by atoms with E-state index >= 15 is 0 Å². The standard InChI is InChI=1S/C16H22Cl2N2S/c1-16(2,3)9-13-10-20-15(21-13)19-7-6-11-4-5-12(17)8-14(11)18/h4-5,8,13H,6-7,9-10H2,1-3H3,(H,19,20). The maximum Gasteiger partial charge on any atom is 0.156 e. The second kappa shape index (κ2) is 7.26. The quantitative estimate of drug-likeness (QED) is 0.827. The molecular weight excluding hydrogens is 323 g/mol. The normalized spacial score (nSPS) is 18.7. The van der Waals surface area contributed by atoms with E-state index in [1.54, 1.807) is 6.07 Å². The molecule has 1 N–H and O–H groups in total. The number of halogens is 2. The number of rotatable bonds is 4. The molecule has 21 heavy (non-hydrogen) atoms. The van der Waals surface area contributed by atoms with Crippen molar-refractivity contribution in [3.05, 3.63) is 33.8 Å². The third-order valence-electron chi connectivity index (χ3n) is 3.24. The van der Waals surface area contributed by atoms with E-state index in [0.717, 1.165) is 35.3 Å². The number of benzene rings is 1. The van der Waals surface area contributed by atoms with Crippen molar-refractivity contribution < 1.29 is 0 Å². The van der Waals surface area contributed by atoms with Crippen molar-refractivity contribution in [1.29, 1.82) is 0 Å². The molecule has 0 saturated carbocycles. The molecule has 116 valence electrons. The third-order valence-corrected chi connectivity index (χ3v) is 4.98. The molecule has 1 unspecified atom stereocenters. The van der Waals surface area contributed by atoms with Crippen molar-refractivity contribution in [2.45, 2.75) is 38.9 Å². The number of nitrogens with one attached hydrogen (secondary N) is 1. The van der Waals surface area contributed by atoms with Crippen LogP contribution in [0.4, 0.5) is 0 Å². The van der Waals surface area contributed by atoms with Crippen LogP contribution in [0.2, 0.25) is 10.0 Å². The molecule has 1 aliphatic heterocycles. The Bertz CT molecular complexity index is 523. The smallest absolute Gasteiger partial charge is 0.156 e. The summed E-state index contributed by atoms with van der Waals surface area (Å²) in [7, 11) is 0. The maximum atomic E-state index is 6.17. The molecule has 1 atom stereocenters. The van der Waals surface area contributed by atoms with E-state index in [2.05, 4.69) is 31.1 Å². The third kappa shape index (κ3) is 5.72. The van der Waals surface area contributed by atoms with Gasteiger partial charge >= 0.3 is 0 Å².